The van der Waals surface area contributed by atoms with Crippen molar-refractivity contribution in [1.29, 1.82) is 0 Å². The van der Waals surface area contributed by atoms with Gasteiger partial charge in [-0.3, -0.25) is 0 Å². The zero-order valence-corrected chi connectivity index (χ0v) is 12.1. The molecule has 0 spiro atoms. The summed E-state index contributed by atoms with van der Waals surface area (Å²) < 4.78 is 5.57. The van der Waals surface area contributed by atoms with E-state index in [0.29, 0.717) is 0 Å². The van der Waals surface area contributed by atoms with E-state index in [1.54, 1.807) is 0 Å². The molecule has 1 rings (SSSR count). The molecule has 1 aliphatic carbocycles. The Balaban J connectivity index is 2.73. The molecule has 0 saturated heterocycles. The SMILES string of the molecule is CC(C)=C(C)C(=O)OC1CC(=C(C)C)C1(C)C. The standard InChI is InChI=1S/C15H24O2/c1-9(2)11(5)14(16)17-13-8-12(10(3)4)15(13,6)7/h13H,8H2,1-7H3. The van der Waals surface area contributed by atoms with Gasteiger partial charge in [-0.1, -0.05) is 30.6 Å². The minimum absolute atomic E-state index is 0.00355. The monoisotopic (exact) mass is 236 g/mol. The molecule has 1 fully saturated rings. The first kappa shape index (κ1) is 14.0. The van der Waals surface area contributed by atoms with Gasteiger partial charge in [-0.15, -0.1) is 0 Å². The van der Waals surface area contributed by atoms with Crippen LogP contribution in [0.5, 0.6) is 0 Å². The molecule has 2 nitrogen and oxygen atoms in total. The summed E-state index contributed by atoms with van der Waals surface area (Å²) >= 11 is 0. The molecule has 17 heavy (non-hydrogen) atoms. The summed E-state index contributed by atoms with van der Waals surface area (Å²) in [5, 5.41) is 0. The Morgan fingerprint density at radius 2 is 1.71 bits per heavy atom. The number of esters is 1. The van der Waals surface area contributed by atoms with Gasteiger partial charge >= 0.3 is 5.97 Å². The van der Waals surface area contributed by atoms with Gasteiger partial charge in [0.05, 0.1) is 0 Å². The fourth-order valence-corrected chi connectivity index (χ4v) is 2.23. The summed E-state index contributed by atoms with van der Waals surface area (Å²) in [6, 6.07) is 0. The fourth-order valence-electron chi connectivity index (χ4n) is 2.23. The third-order valence-electron chi connectivity index (χ3n) is 3.88. The second-order valence-electron chi connectivity index (χ2n) is 5.92. The highest BCUT2D eigenvalue weighted by molar-refractivity contribution is 5.88. The maximum atomic E-state index is 11.9. The Labute approximate surface area is 105 Å². The molecule has 1 atom stereocenters. The molecular weight excluding hydrogens is 212 g/mol. The molecule has 0 amide bonds. The lowest BCUT2D eigenvalue weighted by Gasteiger charge is -2.47. The average Bonchev–Trinajstić information content (AvgIpc) is 2.21. The molecule has 0 aliphatic heterocycles. The number of hydrogen-bond acceptors (Lipinski definition) is 2. The van der Waals surface area contributed by atoms with Crippen LogP contribution in [-0.2, 0) is 9.53 Å². The summed E-state index contributed by atoms with van der Waals surface area (Å²) in [4.78, 5) is 11.9. The van der Waals surface area contributed by atoms with E-state index >= 15 is 0 Å². The van der Waals surface area contributed by atoms with Crippen LogP contribution in [0.15, 0.2) is 22.3 Å². The van der Waals surface area contributed by atoms with E-state index in [9.17, 15) is 4.79 Å². The van der Waals surface area contributed by atoms with Gasteiger partial charge in [0.25, 0.3) is 0 Å². The lowest BCUT2D eigenvalue weighted by molar-refractivity contribution is -0.153. The molecular formula is C15H24O2. The molecule has 0 bridgehead atoms. The summed E-state index contributed by atoms with van der Waals surface area (Å²) in [7, 11) is 0. The van der Waals surface area contributed by atoms with Crippen LogP contribution in [0.3, 0.4) is 0 Å². The molecule has 0 aromatic heterocycles. The van der Waals surface area contributed by atoms with E-state index in [-0.39, 0.29) is 17.5 Å². The Morgan fingerprint density at radius 3 is 2.06 bits per heavy atom. The zero-order valence-electron chi connectivity index (χ0n) is 12.1. The fraction of sp³-hybridized carbons (Fsp3) is 0.667. The van der Waals surface area contributed by atoms with E-state index in [1.165, 1.54) is 11.1 Å². The maximum Gasteiger partial charge on any atom is 0.333 e. The third-order valence-corrected chi connectivity index (χ3v) is 3.88. The molecule has 1 aliphatic rings. The summed E-state index contributed by atoms with van der Waals surface area (Å²) in [5.41, 5.74) is 4.52. The van der Waals surface area contributed by atoms with Crippen molar-refractivity contribution in [3.63, 3.8) is 0 Å². The van der Waals surface area contributed by atoms with Gasteiger partial charge in [-0.05, 0) is 34.6 Å². The van der Waals surface area contributed by atoms with E-state index in [0.717, 1.165) is 17.6 Å². The average molecular weight is 236 g/mol. The Hall–Kier alpha value is -1.05. The van der Waals surface area contributed by atoms with Crippen LogP contribution in [-0.4, -0.2) is 12.1 Å². The van der Waals surface area contributed by atoms with E-state index in [2.05, 4.69) is 27.7 Å². The second kappa shape index (κ2) is 4.67. The predicted octanol–water partition coefficient (Wildman–Crippen LogP) is 4.02. The summed E-state index contributed by atoms with van der Waals surface area (Å²) in [5.74, 6) is -0.170. The first-order chi connectivity index (χ1) is 7.67. The van der Waals surface area contributed by atoms with Crippen LogP contribution in [0.4, 0.5) is 0 Å². The van der Waals surface area contributed by atoms with Gasteiger partial charge in [0, 0.05) is 17.4 Å². The molecule has 2 heteroatoms. The molecule has 1 saturated carbocycles. The highest BCUT2D eigenvalue weighted by atomic mass is 16.5. The van der Waals surface area contributed by atoms with E-state index in [4.69, 9.17) is 4.74 Å². The minimum atomic E-state index is -0.170. The van der Waals surface area contributed by atoms with Crippen molar-refractivity contribution in [2.24, 2.45) is 5.41 Å². The molecule has 0 N–H and O–H groups in total. The number of carbonyl (C=O) groups is 1. The minimum Gasteiger partial charge on any atom is -0.458 e. The molecule has 0 radical (unpaired) electrons. The van der Waals surface area contributed by atoms with Gasteiger partial charge in [0.2, 0.25) is 0 Å². The van der Waals surface area contributed by atoms with Crippen molar-refractivity contribution < 1.29 is 9.53 Å². The molecule has 1 unspecified atom stereocenters. The highest BCUT2D eigenvalue weighted by Gasteiger charge is 2.46. The Kier molecular flexibility index (Phi) is 3.85. The van der Waals surface area contributed by atoms with Crippen LogP contribution in [0.2, 0.25) is 0 Å². The largest absolute Gasteiger partial charge is 0.458 e. The van der Waals surface area contributed by atoms with Crippen LogP contribution >= 0.6 is 0 Å². The topological polar surface area (TPSA) is 26.3 Å². The van der Waals surface area contributed by atoms with Crippen molar-refractivity contribution in [1.82, 2.24) is 0 Å². The van der Waals surface area contributed by atoms with Gasteiger partial charge < -0.3 is 4.74 Å². The van der Waals surface area contributed by atoms with Crippen molar-refractivity contribution in [2.45, 2.75) is 61.0 Å². The molecule has 96 valence electrons. The van der Waals surface area contributed by atoms with Crippen molar-refractivity contribution >= 4 is 5.97 Å². The number of carbonyl (C=O) groups excluding carboxylic acids is 1. The van der Waals surface area contributed by atoms with Gasteiger partial charge in [0.15, 0.2) is 0 Å². The lowest BCUT2D eigenvalue weighted by atomic mass is 9.63. The number of allylic oxidation sites excluding steroid dienone is 2. The Morgan fingerprint density at radius 1 is 1.18 bits per heavy atom. The zero-order chi connectivity index (χ0) is 13.4. The van der Waals surface area contributed by atoms with Gasteiger partial charge in [-0.25, -0.2) is 4.79 Å². The normalized spacial score (nSPS) is 21.6. The molecule has 0 aromatic rings. The van der Waals surface area contributed by atoms with Crippen LogP contribution in [0.1, 0.15) is 54.9 Å². The first-order valence-electron chi connectivity index (χ1n) is 6.19. The third kappa shape index (κ3) is 2.62. The van der Waals surface area contributed by atoms with E-state index in [1.807, 2.05) is 20.8 Å². The number of hydrogen-bond donors (Lipinski definition) is 0. The quantitative estimate of drug-likeness (QED) is 0.411. The highest BCUT2D eigenvalue weighted by Crippen LogP contribution is 2.49. The predicted molar refractivity (Wildman–Crippen MR) is 70.7 cm³/mol. The van der Waals surface area contributed by atoms with Crippen LogP contribution in [0, 0.1) is 5.41 Å². The molecule has 0 aromatic carbocycles. The second-order valence-corrected chi connectivity index (χ2v) is 5.92. The number of ether oxygens (including phenoxy) is 1. The Bertz CT molecular complexity index is 389. The number of rotatable bonds is 2. The van der Waals surface area contributed by atoms with Crippen LogP contribution in [0.25, 0.3) is 0 Å². The molecule has 0 heterocycles. The summed E-state index contributed by atoms with van der Waals surface area (Å²) in [6.07, 6.45) is 0.908. The van der Waals surface area contributed by atoms with Crippen molar-refractivity contribution in [3.05, 3.63) is 22.3 Å². The summed E-state index contributed by atoms with van der Waals surface area (Å²) in [6.45, 7) is 14.2. The first-order valence-corrected chi connectivity index (χ1v) is 6.19. The van der Waals surface area contributed by atoms with Crippen LogP contribution < -0.4 is 0 Å². The van der Waals surface area contributed by atoms with Gasteiger partial charge in [-0.2, -0.15) is 0 Å². The van der Waals surface area contributed by atoms with E-state index < -0.39 is 0 Å². The lowest BCUT2D eigenvalue weighted by Crippen LogP contribution is -2.46. The smallest absolute Gasteiger partial charge is 0.333 e. The maximum absolute atomic E-state index is 11.9. The van der Waals surface area contributed by atoms with Crippen molar-refractivity contribution in [2.75, 3.05) is 0 Å². The van der Waals surface area contributed by atoms with Gasteiger partial charge in [0.1, 0.15) is 6.10 Å². The van der Waals surface area contributed by atoms with Crippen molar-refractivity contribution in [3.8, 4) is 0 Å².